The van der Waals surface area contributed by atoms with E-state index in [9.17, 15) is 22.8 Å². The Hall–Kier alpha value is -3.01. The van der Waals surface area contributed by atoms with Crippen molar-refractivity contribution in [2.24, 2.45) is 11.8 Å². The van der Waals surface area contributed by atoms with Gasteiger partial charge in [-0.05, 0) is 42.7 Å². The molecule has 3 heterocycles. The van der Waals surface area contributed by atoms with Crippen LogP contribution in [0.2, 0.25) is 5.02 Å². The van der Waals surface area contributed by atoms with E-state index >= 15 is 0 Å². The van der Waals surface area contributed by atoms with E-state index < -0.39 is 17.8 Å². The lowest BCUT2D eigenvalue weighted by molar-refractivity contribution is -0.138. The molecule has 2 amide bonds. The second kappa shape index (κ2) is 10.3. The third-order valence-electron chi connectivity index (χ3n) is 6.81. The average Bonchev–Trinajstić information content (AvgIpc) is 3.27. The monoisotopic (exact) mass is 510 g/mol. The first-order valence-corrected chi connectivity index (χ1v) is 11.8. The van der Waals surface area contributed by atoms with Crippen molar-refractivity contribution in [2.75, 3.05) is 37.6 Å². The minimum Gasteiger partial charge on any atom is -0.465 e. The number of carbonyl (C=O) groups excluding carboxylic acids is 1. The second-order valence-corrected chi connectivity index (χ2v) is 9.45. The molecule has 0 spiro atoms. The number of piperidine rings is 1. The van der Waals surface area contributed by atoms with Gasteiger partial charge < -0.3 is 20.2 Å². The molecule has 2 saturated heterocycles. The Labute approximate surface area is 205 Å². The van der Waals surface area contributed by atoms with E-state index in [0.717, 1.165) is 17.8 Å². The summed E-state index contributed by atoms with van der Waals surface area (Å²) in [5.74, 6) is 0.222. The average molecular weight is 511 g/mol. The zero-order valence-electron chi connectivity index (χ0n) is 18.8. The normalized spacial score (nSPS) is 21.3. The van der Waals surface area contributed by atoms with Crippen LogP contribution in [0.1, 0.15) is 29.9 Å². The smallest absolute Gasteiger partial charge is 0.417 e. The molecule has 1 aromatic heterocycles. The van der Waals surface area contributed by atoms with Crippen LogP contribution in [-0.2, 0) is 11.0 Å². The van der Waals surface area contributed by atoms with Gasteiger partial charge in [-0.15, -0.1) is 0 Å². The Morgan fingerprint density at radius 1 is 1.09 bits per heavy atom. The predicted molar refractivity (Wildman–Crippen MR) is 124 cm³/mol. The standard InChI is InChI=1S/C24H26ClF3N4O3/c25-19-4-1-15(2-5-19)20-14-32(13-17(20)11-30-23(34)35)22(33)16-7-9-31(10-8-16)21-6-3-18(12-29-21)24(26,27)28/h1-6,12,16-17,20,30H,7-11,13-14H2,(H,34,35)/t17-,20-/m0/s1. The minimum atomic E-state index is -4.43. The number of carbonyl (C=O) groups is 2. The maximum absolute atomic E-state index is 13.3. The lowest BCUT2D eigenvalue weighted by Gasteiger charge is -2.34. The van der Waals surface area contributed by atoms with Crippen LogP contribution >= 0.6 is 11.6 Å². The van der Waals surface area contributed by atoms with Gasteiger partial charge in [-0.3, -0.25) is 4.79 Å². The highest BCUT2D eigenvalue weighted by Crippen LogP contribution is 2.35. The van der Waals surface area contributed by atoms with E-state index in [1.807, 2.05) is 21.9 Å². The van der Waals surface area contributed by atoms with Crippen molar-refractivity contribution in [1.29, 1.82) is 0 Å². The third-order valence-corrected chi connectivity index (χ3v) is 7.06. The number of rotatable bonds is 5. The Kier molecular flexibility index (Phi) is 7.39. The first-order chi connectivity index (χ1) is 16.6. The van der Waals surface area contributed by atoms with Crippen LogP contribution in [0.5, 0.6) is 0 Å². The zero-order valence-corrected chi connectivity index (χ0v) is 19.6. The molecule has 2 atom stereocenters. The van der Waals surface area contributed by atoms with Gasteiger partial charge in [-0.1, -0.05) is 23.7 Å². The first kappa shape index (κ1) is 25.1. The maximum Gasteiger partial charge on any atom is 0.417 e. The maximum atomic E-state index is 13.3. The van der Waals surface area contributed by atoms with Crippen LogP contribution in [-0.4, -0.2) is 59.7 Å². The molecule has 2 aliphatic rings. The van der Waals surface area contributed by atoms with Crippen LogP contribution in [0.3, 0.4) is 0 Å². The largest absolute Gasteiger partial charge is 0.465 e. The fourth-order valence-electron chi connectivity index (χ4n) is 4.92. The van der Waals surface area contributed by atoms with Crippen LogP contribution in [0.15, 0.2) is 42.6 Å². The molecule has 2 aliphatic heterocycles. The highest BCUT2D eigenvalue weighted by Gasteiger charge is 2.39. The van der Waals surface area contributed by atoms with Crippen LogP contribution in [0, 0.1) is 11.8 Å². The highest BCUT2D eigenvalue weighted by atomic mass is 35.5. The van der Waals surface area contributed by atoms with Crippen molar-refractivity contribution < 1.29 is 27.9 Å². The number of nitrogens with zero attached hydrogens (tertiary/aromatic N) is 3. The molecule has 0 saturated carbocycles. The minimum absolute atomic E-state index is 0.0143. The number of nitrogens with one attached hydrogen (secondary N) is 1. The number of amides is 2. The van der Waals surface area contributed by atoms with Gasteiger partial charge in [-0.25, -0.2) is 9.78 Å². The first-order valence-electron chi connectivity index (χ1n) is 11.4. The number of benzene rings is 1. The lowest BCUT2D eigenvalue weighted by Crippen LogP contribution is -2.42. The Bertz CT molecular complexity index is 1040. The summed E-state index contributed by atoms with van der Waals surface area (Å²) in [4.78, 5) is 32.0. The number of alkyl halides is 3. The summed E-state index contributed by atoms with van der Waals surface area (Å²) in [6.45, 7) is 2.23. The molecule has 0 radical (unpaired) electrons. The highest BCUT2D eigenvalue weighted by molar-refractivity contribution is 6.30. The Balaban J connectivity index is 1.38. The predicted octanol–water partition coefficient (Wildman–Crippen LogP) is 4.48. The molecule has 2 aromatic rings. The molecule has 0 aliphatic carbocycles. The molecule has 35 heavy (non-hydrogen) atoms. The summed E-state index contributed by atoms with van der Waals surface area (Å²) in [7, 11) is 0. The number of pyridine rings is 1. The Morgan fingerprint density at radius 3 is 2.34 bits per heavy atom. The van der Waals surface area contributed by atoms with Gasteiger partial charge >= 0.3 is 12.3 Å². The van der Waals surface area contributed by atoms with Gasteiger partial charge in [0.2, 0.25) is 5.91 Å². The summed E-state index contributed by atoms with van der Waals surface area (Å²) in [6, 6.07) is 9.77. The van der Waals surface area contributed by atoms with Gasteiger partial charge in [0, 0.05) is 61.7 Å². The zero-order chi connectivity index (χ0) is 25.2. The molecule has 188 valence electrons. The van der Waals surface area contributed by atoms with E-state index in [2.05, 4.69) is 10.3 Å². The van der Waals surface area contributed by atoms with E-state index in [0.29, 0.717) is 49.9 Å². The Morgan fingerprint density at radius 2 is 1.77 bits per heavy atom. The molecule has 4 rings (SSSR count). The molecular weight excluding hydrogens is 485 g/mol. The van der Waals surface area contributed by atoms with E-state index in [-0.39, 0.29) is 30.2 Å². The van der Waals surface area contributed by atoms with Crippen LogP contribution in [0.4, 0.5) is 23.8 Å². The van der Waals surface area contributed by atoms with Gasteiger partial charge in [0.15, 0.2) is 0 Å². The summed E-state index contributed by atoms with van der Waals surface area (Å²) in [5, 5.41) is 12.1. The van der Waals surface area contributed by atoms with Gasteiger partial charge in [0.1, 0.15) is 5.82 Å². The molecule has 11 heteroatoms. The van der Waals surface area contributed by atoms with Crippen molar-refractivity contribution in [3.8, 4) is 0 Å². The van der Waals surface area contributed by atoms with Crippen molar-refractivity contribution in [3.05, 3.63) is 58.7 Å². The number of likely N-dealkylation sites (tertiary alicyclic amines) is 1. The van der Waals surface area contributed by atoms with Crippen molar-refractivity contribution in [1.82, 2.24) is 15.2 Å². The second-order valence-electron chi connectivity index (χ2n) is 9.01. The molecule has 2 N–H and O–H groups in total. The molecular formula is C24H26ClF3N4O3. The van der Waals surface area contributed by atoms with Gasteiger partial charge in [-0.2, -0.15) is 13.2 Å². The van der Waals surface area contributed by atoms with Crippen molar-refractivity contribution in [2.45, 2.75) is 24.9 Å². The number of anilines is 1. The lowest BCUT2D eigenvalue weighted by atomic mass is 9.89. The summed E-state index contributed by atoms with van der Waals surface area (Å²) < 4.78 is 38.4. The van der Waals surface area contributed by atoms with Crippen LogP contribution in [0.25, 0.3) is 0 Å². The third kappa shape index (κ3) is 5.98. The van der Waals surface area contributed by atoms with Gasteiger partial charge in [0.05, 0.1) is 5.56 Å². The number of halogens is 4. The SMILES string of the molecule is O=C(O)NC[C@H]1CN(C(=O)C2CCN(c3ccc(C(F)(F)F)cn3)CC2)C[C@H]1c1ccc(Cl)cc1. The van der Waals surface area contributed by atoms with E-state index in [1.54, 1.807) is 12.1 Å². The molecule has 0 unspecified atom stereocenters. The van der Waals surface area contributed by atoms with Gasteiger partial charge in [0.25, 0.3) is 0 Å². The van der Waals surface area contributed by atoms with E-state index in [1.165, 1.54) is 6.07 Å². The fourth-order valence-corrected chi connectivity index (χ4v) is 5.04. The topological polar surface area (TPSA) is 85.8 Å². The number of aromatic nitrogens is 1. The number of hydrogen-bond acceptors (Lipinski definition) is 4. The van der Waals surface area contributed by atoms with Crippen LogP contribution < -0.4 is 10.2 Å². The number of hydrogen-bond donors (Lipinski definition) is 2. The number of carboxylic acid groups (broad SMARTS) is 1. The van der Waals surface area contributed by atoms with Crippen molar-refractivity contribution in [3.63, 3.8) is 0 Å². The van der Waals surface area contributed by atoms with E-state index in [4.69, 9.17) is 16.7 Å². The summed E-state index contributed by atoms with van der Waals surface area (Å²) in [5.41, 5.74) is 0.215. The molecule has 0 bridgehead atoms. The fraction of sp³-hybridized carbons (Fsp3) is 0.458. The molecule has 7 nitrogen and oxygen atoms in total. The summed E-state index contributed by atoms with van der Waals surface area (Å²) >= 11 is 6.01. The molecule has 2 fully saturated rings. The quantitative estimate of drug-likeness (QED) is 0.619. The van der Waals surface area contributed by atoms with Crippen molar-refractivity contribution >= 4 is 29.4 Å². The summed E-state index contributed by atoms with van der Waals surface area (Å²) in [6.07, 6.45) is -3.56. The molecule has 1 aromatic carbocycles.